The van der Waals surface area contributed by atoms with Gasteiger partial charge in [0.15, 0.2) is 0 Å². The molecule has 21 heavy (non-hydrogen) atoms. The third-order valence-corrected chi connectivity index (χ3v) is 4.33. The van der Waals surface area contributed by atoms with Gasteiger partial charge in [-0.2, -0.15) is 0 Å². The highest BCUT2D eigenvalue weighted by atomic mass is 79.9. The number of hydrogen-bond acceptors (Lipinski definition) is 3. The van der Waals surface area contributed by atoms with Crippen molar-refractivity contribution in [2.45, 2.75) is 19.4 Å². The largest absolute Gasteiger partial charge is 0.378 e. The third-order valence-electron chi connectivity index (χ3n) is 3.17. The van der Waals surface area contributed by atoms with Crippen molar-refractivity contribution in [2.75, 3.05) is 5.32 Å². The zero-order chi connectivity index (χ0) is 15.4. The molecule has 0 aliphatic rings. The molecule has 2 aromatic carbocycles. The lowest BCUT2D eigenvalue weighted by Crippen LogP contribution is -2.09. The topological polar surface area (TPSA) is 55.2 Å². The molecule has 0 saturated heterocycles. The smallest absolute Gasteiger partial charge is 0.283 e. The van der Waals surface area contributed by atoms with Gasteiger partial charge in [-0.05, 0) is 52.2 Å². The van der Waals surface area contributed by atoms with Crippen LogP contribution in [0.5, 0.6) is 0 Å². The van der Waals surface area contributed by atoms with Gasteiger partial charge in [-0.3, -0.25) is 10.1 Å². The van der Waals surface area contributed by atoms with Crippen LogP contribution in [0.2, 0.25) is 0 Å². The number of benzene rings is 2. The van der Waals surface area contributed by atoms with Crippen LogP contribution in [0, 0.1) is 10.1 Å². The van der Waals surface area contributed by atoms with Crippen molar-refractivity contribution in [1.82, 2.24) is 0 Å². The van der Waals surface area contributed by atoms with E-state index in [-0.39, 0.29) is 11.7 Å². The molecule has 110 valence electrons. The van der Waals surface area contributed by atoms with Crippen molar-refractivity contribution >= 4 is 43.2 Å². The van der Waals surface area contributed by atoms with Gasteiger partial charge in [0.1, 0.15) is 0 Å². The molecule has 0 fully saturated rings. The van der Waals surface area contributed by atoms with Crippen molar-refractivity contribution in [3.05, 3.63) is 67.1 Å². The second-order valence-corrected chi connectivity index (χ2v) is 6.35. The van der Waals surface area contributed by atoms with Crippen molar-refractivity contribution in [2.24, 2.45) is 0 Å². The van der Waals surface area contributed by atoms with Crippen LogP contribution in [0.15, 0.2) is 51.4 Å². The molecule has 0 spiro atoms. The minimum atomic E-state index is -0.403. The van der Waals surface area contributed by atoms with Crippen LogP contribution in [0.1, 0.15) is 24.9 Å². The Kier molecular flexibility index (Phi) is 5.36. The molecule has 0 aliphatic carbocycles. The minimum absolute atomic E-state index is 0.0669. The summed E-state index contributed by atoms with van der Waals surface area (Å²) in [6, 6.07) is 13.3. The molecule has 2 aromatic rings. The lowest BCUT2D eigenvalue weighted by Gasteiger charge is -2.19. The Balaban J connectivity index is 2.20. The lowest BCUT2D eigenvalue weighted by molar-refractivity contribution is -0.385. The quantitative estimate of drug-likeness (QED) is 0.506. The van der Waals surface area contributed by atoms with E-state index in [1.54, 1.807) is 12.1 Å². The Morgan fingerprint density at radius 3 is 2.38 bits per heavy atom. The molecule has 4 nitrogen and oxygen atoms in total. The van der Waals surface area contributed by atoms with Crippen LogP contribution in [0.25, 0.3) is 0 Å². The number of nitrogens with zero attached hydrogens (tertiary/aromatic N) is 1. The first-order valence-electron chi connectivity index (χ1n) is 6.47. The van der Waals surface area contributed by atoms with Crippen molar-refractivity contribution in [3.8, 4) is 0 Å². The molecule has 0 aliphatic heterocycles. The summed E-state index contributed by atoms with van der Waals surface area (Å²) in [5.41, 5.74) is 2.09. The summed E-state index contributed by atoms with van der Waals surface area (Å²) in [5, 5.41) is 14.2. The van der Waals surface area contributed by atoms with Gasteiger partial charge in [0.05, 0.1) is 15.4 Å². The normalized spacial score (nSPS) is 12.0. The van der Waals surface area contributed by atoms with Gasteiger partial charge in [-0.15, -0.1) is 0 Å². The van der Waals surface area contributed by atoms with Gasteiger partial charge in [0.2, 0.25) is 0 Å². The average molecular weight is 414 g/mol. The second kappa shape index (κ2) is 7.04. The summed E-state index contributed by atoms with van der Waals surface area (Å²) >= 11 is 6.66. The summed E-state index contributed by atoms with van der Waals surface area (Å²) in [6.45, 7) is 2.10. The van der Waals surface area contributed by atoms with Crippen LogP contribution in [-0.4, -0.2) is 4.92 Å². The third kappa shape index (κ3) is 4.04. The average Bonchev–Trinajstić information content (AvgIpc) is 2.45. The van der Waals surface area contributed by atoms with E-state index < -0.39 is 4.92 Å². The summed E-state index contributed by atoms with van der Waals surface area (Å²) < 4.78 is 1.52. The fourth-order valence-corrected chi connectivity index (χ4v) is 2.85. The van der Waals surface area contributed by atoms with Gasteiger partial charge in [0.25, 0.3) is 5.69 Å². The standard InChI is InChI=1S/C15H14Br2N2O2/c1-2-14(10-3-5-11(16)6-4-10)18-12-7-8-15(19(20)21)13(17)9-12/h3-9,14,18H,2H2,1H3. The number of anilines is 1. The van der Waals surface area contributed by atoms with Gasteiger partial charge in [-0.25, -0.2) is 0 Å². The van der Waals surface area contributed by atoms with Crippen LogP contribution in [0.3, 0.4) is 0 Å². The predicted octanol–water partition coefficient (Wildman–Crippen LogP) is 5.68. The molecule has 1 atom stereocenters. The molecule has 1 unspecified atom stereocenters. The fourth-order valence-electron chi connectivity index (χ4n) is 2.06. The monoisotopic (exact) mass is 412 g/mol. The first-order valence-corrected chi connectivity index (χ1v) is 8.05. The molecule has 2 rings (SSSR count). The Labute approximate surface area is 140 Å². The molecule has 0 amide bonds. The summed E-state index contributed by atoms with van der Waals surface area (Å²) in [7, 11) is 0. The maximum absolute atomic E-state index is 10.8. The Morgan fingerprint density at radius 2 is 1.86 bits per heavy atom. The highest BCUT2D eigenvalue weighted by Gasteiger charge is 2.14. The van der Waals surface area contributed by atoms with E-state index in [1.165, 1.54) is 11.6 Å². The number of rotatable bonds is 5. The molecular formula is C15H14Br2N2O2. The SMILES string of the molecule is CCC(Nc1ccc([N+](=O)[O-])c(Br)c1)c1ccc(Br)cc1. The van der Waals surface area contributed by atoms with Crippen molar-refractivity contribution in [1.29, 1.82) is 0 Å². The van der Waals surface area contributed by atoms with Gasteiger partial charge >= 0.3 is 0 Å². The van der Waals surface area contributed by atoms with E-state index in [0.29, 0.717) is 4.47 Å². The predicted molar refractivity (Wildman–Crippen MR) is 91.6 cm³/mol. The van der Waals surface area contributed by atoms with Crippen LogP contribution in [-0.2, 0) is 0 Å². The molecule has 0 radical (unpaired) electrons. The summed E-state index contributed by atoms with van der Waals surface area (Å²) in [4.78, 5) is 10.4. The molecule has 6 heteroatoms. The number of nitrogens with one attached hydrogen (secondary N) is 1. The van der Waals surface area contributed by atoms with Crippen LogP contribution in [0.4, 0.5) is 11.4 Å². The Morgan fingerprint density at radius 1 is 1.19 bits per heavy atom. The highest BCUT2D eigenvalue weighted by molar-refractivity contribution is 9.10. The summed E-state index contributed by atoms with van der Waals surface area (Å²) in [5.74, 6) is 0. The van der Waals surface area contributed by atoms with E-state index in [1.807, 2.05) is 12.1 Å². The highest BCUT2D eigenvalue weighted by Crippen LogP contribution is 2.30. The van der Waals surface area contributed by atoms with Crippen LogP contribution < -0.4 is 5.32 Å². The number of nitro benzene ring substituents is 1. The molecular weight excluding hydrogens is 400 g/mol. The first kappa shape index (κ1) is 16.0. The molecule has 0 bridgehead atoms. The van der Waals surface area contributed by atoms with Crippen molar-refractivity contribution < 1.29 is 4.92 Å². The molecule has 0 saturated carbocycles. The van der Waals surface area contributed by atoms with Crippen molar-refractivity contribution in [3.63, 3.8) is 0 Å². The zero-order valence-electron chi connectivity index (χ0n) is 11.3. The van der Waals surface area contributed by atoms with E-state index >= 15 is 0 Å². The number of nitro groups is 1. The number of hydrogen-bond donors (Lipinski definition) is 1. The second-order valence-electron chi connectivity index (χ2n) is 4.58. The first-order chi connectivity index (χ1) is 10.0. The maximum Gasteiger partial charge on any atom is 0.283 e. The number of halogens is 2. The van der Waals surface area contributed by atoms with E-state index in [9.17, 15) is 10.1 Å². The molecule has 1 N–H and O–H groups in total. The van der Waals surface area contributed by atoms with E-state index in [0.717, 1.165) is 16.6 Å². The fraction of sp³-hybridized carbons (Fsp3) is 0.200. The Bertz CT molecular complexity index is 645. The molecule has 0 heterocycles. The maximum atomic E-state index is 10.8. The zero-order valence-corrected chi connectivity index (χ0v) is 14.5. The van der Waals surface area contributed by atoms with E-state index in [2.05, 4.69) is 56.2 Å². The van der Waals surface area contributed by atoms with Gasteiger partial charge in [0, 0.05) is 16.2 Å². The minimum Gasteiger partial charge on any atom is -0.378 e. The van der Waals surface area contributed by atoms with Gasteiger partial charge in [-0.1, -0.05) is 35.0 Å². The summed E-state index contributed by atoms with van der Waals surface area (Å²) in [6.07, 6.45) is 0.913. The van der Waals surface area contributed by atoms with Gasteiger partial charge < -0.3 is 5.32 Å². The van der Waals surface area contributed by atoms with Crippen LogP contribution >= 0.6 is 31.9 Å². The van der Waals surface area contributed by atoms with E-state index in [4.69, 9.17) is 0 Å². The lowest BCUT2D eigenvalue weighted by atomic mass is 10.0. The molecule has 0 aromatic heterocycles. The Hall–Kier alpha value is -1.40.